The van der Waals surface area contributed by atoms with Crippen LogP contribution in [0.4, 0.5) is 8.78 Å². The Hall–Kier alpha value is -0.890. The van der Waals surface area contributed by atoms with Gasteiger partial charge in [0.1, 0.15) is 0 Å². The van der Waals surface area contributed by atoms with Crippen LogP contribution < -0.4 is 5.32 Å². The minimum absolute atomic E-state index is 0.135. The predicted octanol–water partition coefficient (Wildman–Crippen LogP) is 0.356. The molecule has 1 fully saturated rings. The Labute approximate surface area is 63.6 Å². The Bertz CT molecular complexity index is 175. The quantitative estimate of drug-likeness (QED) is 0.411. The van der Waals surface area contributed by atoms with Gasteiger partial charge in [0.25, 0.3) is 0 Å². The fourth-order valence-electron chi connectivity index (χ4n) is 0.983. The van der Waals surface area contributed by atoms with Crippen molar-refractivity contribution >= 4 is 0 Å². The van der Waals surface area contributed by atoms with Gasteiger partial charge in [-0.25, -0.2) is 4.90 Å². The Morgan fingerprint density at radius 2 is 2.27 bits per heavy atom. The summed E-state index contributed by atoms with van der Waals surface area (Å²) in [6.45, 7) is 0.255. The Kier molecular flexibility index (Phi) is 2.25. The van der Waals surface area contributed by atoms with Crippen LogP contribution in [0.2, 0.25) is 0 Å². The summed E-state index contributed by atoms with van der Waals surface area (Å²) in [5.74, 6) is 0. The van der Waals surface area contributed by atoms with Crippen LogP contribution in [0.1, 0.15) is 6.42 Å². The lowest BCUT2D eigenvalue weighted by Crippen LogP contribution is -2.43. The molecule has 0 atom stereocenters. The molecule has 11 heavy (non-hydrogen) atoms. The van der Waals surface area contributed by atoms with Crippen molar-refractivity contribution in [3.8, 4) is 6.19 Å². The number of hydrogen-bond donors (Lipinski definition) is 1. The Morgan fingerprint density at radius 1 is 1.55 bits per heavy atom. The van der Waals surface area contributed by atoms with E-state index in [1.165, 1.54) is 6.19 Å². The van der Waals surface area contributed by atoms with Gasteiger partial charge >= 0.3 is 6.05 Å². The van der Waals surface area contributed by atoms with E-state index >= 15 is 0 Å². The highest BCUT2D eigenvalue weighted by Crippen LogP contribution is 2.19. The lowest BCUT2D eigenvalue weighted by molar-refractivity contribution is -0.107. The maximum Gasteiger partial charge on any atom is 0.345 e. The van der Waals surface area contributed by atoms with Gasteiger partial charge in [-0.15, -0.1) is 0 Å². The summed E-state index contributed by atoms with van der Waals surface area (Å²) >= 11 is 0. The summed E-state index contributed by atoms with van der Waals surface area (Å²) < 4.78 is 25.5. The molecule has 62 valence electrons. The van der Waals surface area contributed by atoms with Gasteiger partial charge in [-0.05, 0) is 13.0 Å². The number of hydrogen-bond acceptors (Lipinski definition) is 3. The standard InChI is InChI=1S/C6H9F2N3/c7-6(8)4-10-2-1-3-11(6)5-9/h10H,1-4H2. The van der Waals surface area contributed by atoms with E-state index in [4.69, 9.17) is 5.26 Å². The zero-order valence-corrected chi connectivity index (χ0v) is 5.98. The van der Waals surface area contributed by atoms with E-state index in [1.54, 1.807) is 0 Å². The van der Waals surface area contributed by atoms with E-state index < -0.39 is 12.6 Å². The van der Waals surface area contributed by atoms with E-state index in [2.05, 4.69) is 5.32 Å². The molecule has 5 heteroatoms. The van der Waals surface area contributed by atoms with Gasteiger partial charge in [0.2, 0.25) is 0 Å². The molecule has 0 aliphatic carbocycles. The van der Waals surface area contributed by atoms with Gasteiger partial charge in [-0.2, -0.15) is 14.0 Å². The molecule has 0 saturated carbocycles. The van der Waals surface area contributed by atoms with Crippen LogP contribution >= 0.6 is 0 Å². The zero-order chi connectivity index (χ0) is 8.32. The van der Waals surface area contributed by atoms with Crippen LogP contribution in [0, 0.1) is 11.5 Å². The number of halogens is 2. The van der Waals surface area contributed by atoms with Crippen LogP contribution in [0.25, 0.3) is 0 Å². The minimum Gasteiger partial charge on any atom is -0.309 e. The average Bonchev–Trinajstić information content (AvgIpc) is 2.10. The average molecular weight is 161 g/mol. The van der Waals surface area contributed by atoms with Gasteiger partial charge in [0.15, 0.2) is 6.19 Å². The van der Waals surface area contributed by atoms with Crippen LogP contribution in [-0.4, -0.2) is 30.6 Å². The Morgan fingerprint density at radius 3 is 2.91 bits per heavy atom. The first-order valence-corrected chi connectivity index (χ1v) is 3.43. The Balaban J connectivity index is 2.65. The third kappa shape index (κ3) is 1.77. The van der Waals surface area contributed by atoms with Crippen molar-refractivity contribution in [1.29, 1.82) is 5.26 Å². The van der Waals surface area contributed by atoms with Gasteiger partial charge in [-0.3, -0.25) is 0 Å². The molecule has 0 radical (unpaired) electrons. The summed E-state index contributed by atoms with van der Waals surface area (Å²) in [4.78, 5) is 0.521. The normalized spacial score (nSPS) is 23.9. The van der Waals surface area contributed by atoms with Crippen molar-refractivity contribution in [2.45, 2.75) is 12.5 Å². The molecule has 3 nitrogen and oxygen atoms in total. The maximum atomic E-state index is 12.8. The van der Waals surface area contributed by atoms with E-state index in [9.17, 15) is 8.78 Å². The second-order valence-corrected chi connectivity index (χ2v) is 2.45. The minimum atomic E-state index is -3.01. The van der Waals surface area contributed by atoms with E-state index in [0.29, 0.717) is 17.9 Å². The molecule has 0 amide bonds. The van der Waals surface area contributed by atoms with Gasteiger partial charge in [0.05, 0.1) is 6.54 Å². The number of nitrogens with one attached hydrogen (secondary N) is 1. The number of alkyl halides is 2. The topological polar surface area (TPSA) is 39.1 Å². The zero-order valence-electron chi connectivity index (χ0n) is 5.98. The van der Waals surface area contributed by atoms with Crippen molar-refractivity contribution in [2.24, 2.45) is 0 Å². The highest BCUT2D eigenvalue weighted by Gasteiger charge is 2.37. The molecule has 0 unspecified atom stereocenters. The van der Waals surface area contributed by atoms with Gasteiger partial charge < -0.3 is 5.32 Å². The van der Waals surface area contributed by atoms with Crippen LogP contribution in [0.3, 0.4) is 0 Å². The molecule has 1 heterocycles. The number of nitrogens with zero attached hydrogens (tertiary/aromatic N) is 2. The molecule has 1 aliphatic heterocycles. The SMILES string of the molecule is N#CN1CCCNCC1(F)F. The lowest BCUT2D eigenvalue weighted by Gasteiger charge is -2.22. The number of nitriles is 1. The van der Waals surface area contributed by atoms with E-state index in [0.717, 1.165) is 0 Å². The van der Waals surface area contributed by atoms with Crippen LogP contribution in [0.15, 0.2) is 0 Å². The third-order valence-corrected chi connectivity index (χ3v) is 1.59. The second-order valence-electron chi connectivity index (χ2n) is 2.45. The molecule has 0 spiro atoms. The van der Waals surface area contributed by atoms with Crippen molar-refractivity contribution in [3.05, 3.63) is 0 Å². The molecule has 1 saturated heterocycles. The first-order chi connectivity index (χ1) is 5.17. The van der Waals surface area contributed by atoms with Gasteiger partial charge in [0, 0.05) is 6.54 Å². The summed E-state index contributed by atoms with van der Waals surface area (Å²) in [5, 5.41) is 10.9. The molecule has 1 N–H and O–H groups in total. The molecule has 0 aromatic carbocycles. The molecule has 0 bridgehead atoms. The second kappa shape index (κ2) is 3.01. The van der Waals surface area contributed by atoms with E-state index in [1.807, 2.05) is 0 Å². The lowest BCUT2D eigenvalue weighted by atomic mass is 10.4. The van der Waals surface area contributed by atoms with Crippen molar-refractivity contribution in [1.82, 2.24) is 10.2 Å². The molecule has 0 aromatic rings. The van der Waals surface area contributed by atoms with Crippen molar-refractivity contribution < 1.29 is 8.78 Å². The first-order valence-electron chi connectivity index (χ1n) is 3.43. The van der Waals surface area contributed by atoms with Crippen molar-refractivity contribution in [3.63, 3.8) is 0 Å². The molecule has 1 rings (SSSR count). The predicted molar refractivity (Wildman–Crippen MR) is 34.8 cm³/mol. The number of rotatable bonds is 0. The summed E-state index contributed by atoms with van der Waals surface area (Å²) in [7, 11) is 0. The van der Waals surface area contributed by atoms with Crippen molar-refractivity contribution in [2.75, 3.05) is 19.6 Å². The summed E-state index contributed by atoms with van der Waals surface area (Å²) in [6, 6.07) is -3.01. The summed E-state index contributed by atoms with van der Waals surface area (Å²) in [6.07, 6.45) is 2.06. The fraction of sp³-hybridized carbons (Fsp3) is 0.833. The smallest absolute Gasteiger partial charge is 0.309 e. The largest absolute Gasteiger partial charge is 0.345 e. The maximum absolute atomic E-state index is 12.8. The van der Waals surface area contributed by atoms with E-state index in [-0.39, 0.29) is 6.54 Å². The fourth-order valence-corrected chi connectivity index (χ4v) is 0.983. The van der Waals surface area contributed by atoms with Crippen LogP contribution in [0.5, 0.6) is 0 Å². The molecule has 1 aliphatic rings. The van der Waals surface area contributed by atoms with Crippen LogP contribution in [-0.2, 0) is 0 Å². The highest BCUT2D eigenvalue weighted by atomic mass is 19.3. The third-order valence-electron chi connectivity index (χ3n) is 1.59. The summed E-state index contributed by atoms with van der Waals surface area (Å²) in [5.41, 5.74) is 0. The molecule has 0 aromatic heterocycles. The first kappa shape index (κ1) is 8.21. The monoisotopic (exact) mass is 161 g/mol. The van der Waals surface area contributed by atoms with Gasteiger partial charge in [-0.1, -0.05) is 0 Å². The molecular formula is C6H9F2N3. The highest BCUT2D eigenvalue weighted by molar-refractivity contribution is 4.85. The molecular weight excluding hydrogens is 152 g/mol.